The molecule has 7 N–H and O–H groups in total. The van der Waals surface area contributed by atoms with Crippen molar-refractivity contribution in [1.29, 1.82) is 0 Å². The summed E-state index contributed by atoms with van der Waals surface area (Å²) < 4.78 is 99.7. The Morgan fingerprint density at radius 3 is 1.63 bits per heavy atom. The first-order valence-electron chi connectivity index (χ1n) is 32.0. The number of aliphatic hydroxyl groups is 7. The molecule has 87 heavy (non-hydrogen) atoms. The molecule has 0 aromatic rings. The third-order valence-corrected chi connectivity index (χ3v) is 22.5. The van der Waals surface area contributed by atoms with Crippen molar-refractivity contribution >= 4 is 11.9 Å². The smallest absolute Gasteiger partial charge is 0.309 e. The van der Waals surface area contributed by atoms with Gasteiger partial charge >= 0.3 is 11.9 Å². The van der Waals surface area contributed by atoms with E-state index in [0.717, 1.165) is 32.1 Å². The summed E-state index contributed by atoms with van der Waals surface area (Å²) in [4.78, 5) is 25.9. The fourth-order valence-corrected chi connectivity index (χ4v) is 17.1. The van der Waals surface area contributed by atoms with Crippen LogP contribution < -0.4 is 0 Å². The molecule has 0 amide bonds. The maximum atomic E-state index is 13.1. The molecule has 0 aromatic carbocycles. The maximum Gasteiger partial charge on any atom is 0.309 e. The first-order chi connectivity index (χ1) is 41.1. The molecule has 5 heterocycles. The largest absolute Gasteiger partial charge is 0.462 e. The summed E-state index contributed by atoms with van der Waals surface area (Å²) in [5, 5.41) is 78.3. The number of hydrogen-bond acceptors (Lipinski definition) is 25. The van der Waals surface area contributed by atoms with Crippen molar-refractivity contribution in [3.8, 4) is 0 Å². The molecule has 0 aromatic heterocycles. The molecule has 502 valence electrons. The number of carbonyl (C=O) groups is 2. The van der Waals surface area contributed by atoms with Gasteiger partial charge in [-0.15, -0.1) is 0 Å². The summed E-state index contributed by atoms with van der Waals surface area (Å²) in [6.07, 6.45) is -15.5. The molecule has 9 aliphatic rings. The normalized spacial score (nSPS) is 50.9. The van der Waals surface area contributed by atoms with Gasteiger partial charge in [0.05, 0.1) is 72.4 Å². The van der Waals surface area contributed by atoms with Crippen molar-refractivity contribution in [3.63, 3.8) is 0 Å². The number of aliphatic hydroxyl groups excluding tert-OH is 5. The van der Waals surface area contributed by atoms with Crippen molar-refractivity contribution in [2.75, 3.05) is 35.0 Å². The fraction of sp³-hybridized carbons (Fsp3) is 0.968. The number of rotatable bonds is 20. The van der Waals surface area contributed by atoms with Crippen LogP contribution in [0.15, 0.2) is 0 Å². The van der Waals surface area contributed by atoms with E-state index in [4.69, 9.17) is 75.8 Å². The first-order valence-corrected chi connectivity index (χ1v) is 32.0. The van der Waals surface area contributed by atoms with Crippen LogP contribution in [0.3, 0.4) is 0 Å². The molecular weight excluding hydrogens is 1140 g/mol. The predicted molar refractivity (Wildman–Crippen MR) is 303 cm³/mol. The van der Waals surface area contributed by atoms with Crippen molar-refractivity contribution < 1.29 is 121 Å². The summed E-state index contributed by atoms with van der Waals surface area (Å²) >= 11 is 0. The number of carbonyl (C=O) groups excluding carboxylic acids is 2. The van der Waals surface area contributed by atoms with E-state index in [2.05, 4.69) is 6.92 Å². The van der Waals surface area contributed by atoms with Crippen LogP contribution in [0.4, 0.5) is 0 Å². The van der Waals surface area contributed by atoms with E-state index >= 15 is 0 Å². The zero-order chi connectivity index (χ0) is 63.4. The van der Waals surface area contributed by atoms with E-state index in [1.54, 1.807) is 49.0 Å². The number of hydrogen-bond donors (Lipinski definition) is 7. The zero-order valence-corrected chi connectivity index (χ0v) is 53.4. The van der Waals surface area contributed by atoms with Crippen LogP contribution >= 0.6 is 0 Å². The maximum absolute atomic E-state index is 13.1. The second kappa shape index (κ2) is 28.0. The molecule has 5 saturated heterocycles. The lowest BCUT2D eigenvalue weighted by atomic mass is 9.42. The summed E-state index contributed by atoms with van der Waals surface area (Å²) in [6, 6.07) is 0. The van der Waals surface area contributed by atoms with Gasteiger partial charge in [-0.05, 0) is 116 Å². The lowest BCUT2D eigenvalue weighted by Crippen LogP contribution is -2.72. The predicted octanol–water partition coefficient (Wildman–Crippen LogP) is 2.69. The third kappa shape index (κ3) is 13.1. The minimum Gasteiger partial charge on any atom is -0.462 e. The quantitative estimate of drug-likeness (QED) is 0.0681. The average Bonchev–Trinajstić information content (AvgIpc) is 1.60. The van der Waals surface area contributed by atoms with E-state index in [1.165, 1.54) is 14.0 Å². The molecule has 25 heteroatoms. The Balaban J connectivity index is 0.765. The molecule has 0 bridgehead atoms. The van der Waals surface area contributed by atoms with Crippen molar-refractivity contribution in [1.82, 2.24) is 0 Å². The SMILES string of the molecule is CC[C@@H](C)C(=O)O[C@H](C)[C@]1(O)CC[C@]2(O)[C@@H]3CC[C@H]4C[C@@H](O[C@H]5C[C@H](OC)[C@H](O[C@H]6C[C@@H](OC)[C@H](O[C@H]7C[C@H](OC)[C@H](O[C@@H]8O[C@H](C)[C@@H](O[C@@H]9O[C@H](CO)[C@@H](O)[C@H](O)[C@H]9O)[C@@H](OC)[C@H]8O)[C@@H](C)O7)[C@@H](C)O6)[C@@H](C)O5)CC[C@]4(C)[C@H]3C[C@@H](OC(C)=O)[C@]12C. The summed E-state index contributed by atoms with van der Waals surface area (Å²) in [6.45, 7) is 17.6. The standard InChI is InChI=1S/C62H104O25/c1-15-28(2)56(69)80-33(7)61(70)20-21-62(71)37-17-16-35-22-36(18-19-59(35,9)38(37)23-43(60(61,62)10)81-34(8)64)82-44-24-39(72-11)51(29(3)76-44)84-45-25-40(73-12)52(30(4)77-45)85-46-26-41(74-13)53(31(5)78-46)86-58-50(68)55(75-14)54(32(6)79-58)87-57-49(67)48(66)47(65)42(27-63)83-57/h28-33,35-55,57-58,63,65-68,70-71H,15-27H2,1-14H3/t28-,29-,30-,31-,32-,33-,35+,36+,37-,38+,39+,40-,41+,42-,43-,44+,45+,46+,47-,48+,49-,50-,51-,52-,53-,54-,55+,57+,58+,59+,60-,61-,62+/m1/s1. The van der Waals surface area contributed by atoms with Crippen LogP contribution in [0.1, 0.15) is 146 Å². The van der Waals surface area contributed by atoms with Crippen LogP contribution in [0.2, 0.25) is 0 Å². The molecule has 4 saturated carbocycles. The Bertz CT molecular complexity index is 2270. The molecule has 25 nitrogen and oxygen atoms in total. The summed E-state index contributed by atoms with van der Waals surface area (Å²) in [5.41, 5.74) is -4.51. The fourth-order valence-electron chi connectivity index (χ4n) is 17.1. The lowest BCUT2D eigenvalue weighted by molar-refractivity contribution is -0.374. The minimum absolute atomic E-state index is 0.000497. The van der Waals surface area contributed by atoms with Gasteiger partial charge in [-0.2, -0.15) is 0 Å². The van der Waals surface area contributed by atoms with E-state index in [1.807, 2.05) is 27.7 Å². The minimum atomic E-state index is -1.68. The second-order valence-corrected chi connectivity index (χ2v) is 27.1. The third-order valence-electron chi connectivity index (χ3n) is 22.5. The van der Waals surface area contributed by atoms with Crippen molar-refractivity contribution in [3.05, 3.63) is 0 Å². The van der Waals surface area contributed by atoms with Gasteiger partial charge in [0.15, 0.2) is 31.5 Å². The van der Waals surface area contributed by atoms with Crippen molar-refractivity contribution in [2.24, 2.45) is 34.5 Å². The molecule has 9 rings (SSSR count). The van der Waals surface area contributed by atoms with Crippen LogP contribution in [0.5, 0.6) is 0 Å². The van der Waals surface area contributed by atoms with Gasteiger partial charge in [-0.25, -0.2) is 0 Å². The number of fused-ring (bicyclic) bond motifs is 5. The van der Waals surface area contributed by atoms with E-state index in [9.17, 15) is 45.3 Å². The Kier molecular flexibility index (Phi) is 22.3. The molecule has 0 unspecified atom stereocenters. The summed E-state index contributed by atoms with van der Waals surface area (Å²) in [5.74, 6) is -1.15. The Hall–Kier alpha value is -1.90. The molecule has 33 atom stereocenters. The first kappa shape index (κ1) is 69.4. The van der Waals surface area contributed by atoms with Crippen molar-refractivity contribution in [2.45, 2.75) is 311 Å². The van der Waals surface area contributed by atoms with Gasteiger partial charge in [0, 0.05) is 54.6 Å². The molecule has 5 aliphatic heterocycles. The highest BCUT2D eigenvalue weighted by molar-refractivity contribution is 5.72. The van der Waals surface area contributed by atoms with Crippen LogP contribution in [-0.4, -0.2) is 247 Å². The Morgan fingerprint density at radius 2 is 1.10 bits per heavy atom. The average molecular weight is 1250 g/mol. The van der Waals surface area contributed by atoms with E-state index in [-0.39, 0.29) is 48.0 Å². The van der Waals surface area contributed by atoms with E-state index in [0.29, 0.717) is 32.1 Å². The van der Waals surface area contributed by atoms with Gasteiger partial charge in [0.2, 0.25) is 0 Å². The zero-order valence-electron chi connectivity index (χ0n) is 53.4. The van der Waals surface area contributed by atoms with Crippen LogP contribution in [0, 0.1) is 34.5 Å². The summed E-state index contributed by atoms with van der Waals surface area (Å²) in [7, 11) is 6.17. The van der Waals surface area contributed by atoms with Gasteiger partial charge < -0.3 is 112 Å². The van der Waals surface area contributed by atoms with Gasteiger partial charge in [-0.1, -0.05) is 27.7 Å². The number of methoxy groups -OCH3 is 4. The molecule has 0 radical (unpaired) electrons. The number of esters is 2. The molecule has 4 aliphatic carbocycles. The lowest BCUT2D eigenvalue weighted by Gasteiger charge is -2.66. The highest BCUT2D eigenvalue weighted by Crippen LogP contribution is 2.71. The van der Waals surface area contributed by atoms with Gasteiger partial charge in [0.25, 0.3) is 0 Å². The monoisotopic (exact) mass is 1250 g/mol. The highest BCUT2D eigenvalue weighted by atomic mass is 16.8. The van der Waals surface area contributed by atoms with E-state index < -0.39 is 183 Å². The topological polar surface area (TPSA) is 323 Å². The second-order valence-electron chi connectivity index (χ2n) is 27.1. The highest BCUT2D eigenvalue weighted by Gasteiger charge is 2.77. The number of ether oxygens (including phenoxy) is 16. The molecular formula is C62H104O25. The van der Waals surface area contributed by atoms with Crippen LogP contribution in [-0.2, 0) is 85.4 Å². The van der Waals surface area contributed by atoms with Gasteiger partial charge in [-0.3, -0.25) is 9.59 Å². The molecule has 0 spiro atoms. The Morgan fingerprint density at radius 1 is 0.575 bits per heavy atom. The Labute approximate surface area is 512 Å². The molecule has 9 fully saturated rings. The van der Waals surface area contributed by atoms with Gasteiger partial charge in [0.1, 0.15) is 78.8 Å². The van der Waals surface area contributed by atoms with Crippen LogP contribution in [0.25, 0.3) is 0 Å².